The molecule has 1 atom stereocenters. The molecule has 1 aliphatic heterocycles. The van der Waals surface area contributed by atoms with E-state index in [1.165, 1.54) is 0 Å². The molecule has 1 fully saturated rings. The van der Waals surface area contributed by atoms with Crippen LogP contribution in [0, 0.1) is 6.92 Å². The summed E-state index contributed by atoms with van der Waals surface area (Å²) < 4.78 is 11.4. The normalized spacial score (nSPS) is 16.8. The van der Waals surface area contributed by atoms with Crippen molar-refractivity contribution in [2.45, 2.75) is 26.0 Å². The lowest BCUT2D eigenvalue weighted by molar-refractivity contribution is -0.139. The molecular weight excluding hydrogens is 480 g/mol. The highest BCUT2D eigenvalue weighted by Gasteiger charge is 2.45. The van der Waals surface area contributed by atoms with Crippen LogP contribution in [-0.2, 0) is 16.2 Å². The minimum Gasteiger partial charge on any atom is -0.507 e. The zero-order valence-corrected chi connectivity index (χ0v) is 22.3. The Morgan fingerprint density at radius 1 is 1.00 bits per heavy atom. The van der Waals surface area contributed by atoms with Crippen LogP contribution in [-0.4, -0.2) is 60.9 Å². The molecule has 38 heavy (non-hydrogen) atoms. The Kier molecular flexibility index (Phi) is 8.48. The van der Waals surface area contributed by atoms with Gasteiger partial charge in [0, 0.05) is 12.1 Å². The molecule has 0 saturated carbocycles. The lowest BCUT2D eigenvalue weighted by Crippen LogP contribution is -2.32. The zero-order valence-electron chi connectivity index (χ0n) is 22.3. The molecule has 3 aromatic rings. The number of rotatable bonds is 10. The van der Waals surface area contributed by atoms with Crippen molar-refractivity contribution in [2.75, 3.05) is 34.3 Å². The van der Waals surface area contributed by atoms with Gasteiger partial charge < -0.3 is 24.4 Å². The van der Waals surface area contributed by atoms with Gasteiger partial charge in [0.25, 0.3) is 11.7 Å². The quantitative estimate of drug-likeness (QED) is 0.234. The highest BCUT2D eigenvalue weighted by atomic mass is 16.5. The average Bonchev–Trinajstić information content (AvgIpc) is 3.17. The monoisotopic (exact) mass is 514 g/mol. The molecule has 7 heteroatoms. The number of Topliss-reactive ketones (excluding diaryl/α,β-unsaturated/α-hetero) is 1. The fourth-order valence-corrected chi connectivity index (χ4v) is 4.68. The maximum Gasteiger partial charge on any atom is 0.295 e. The van der Waals surface area contributed by atoms with Gasteiger partial charge in [-0.3, -0.25) is 9.59 Å². The van der Waals surface area contributed by atoms with Gasteiger partial charge in [-0.05, 0) is 81.0 Å². The summed E-state index contributed by atoms with van der Waals surface area (Å²) >= 11 is 0. The summed E-state index contributed by atoms with van der Waals surface area (Å²) in [5.41, 5.74) is 3.09. The first-order chi connectivity index (χ1) is 18.3. The van der Waals surface area contributed by atoms with E-state index in [-0.39, 0.29) is 11.3 Å². The molecule has 0 radical (unpaired) electrons. The van der Waals surface area contributed by atoms with E-state index < -0.39 is 17.7 Å². The number of hydrogen-bond acceptors (Lipinski definition) is 6. The Balaban J connectivity index is 1.69. The Labute approximate surface area is 223 Å². The highest BCUT2D eigenvalue weighted by molar-refractivity contribution is 6.46. The second-order valence-corrected chi connectivity index (χ2v) is 9.68. The number of ether oxygens (including phenoxy) is 2. The molecule has 1 aliphatic rings. The lowest BCUT2D eigenvalue weighted by Gasteiger charge is -2.26. The smallest absolute Gasteiger partial charge is 0.295 e. The minimum atomic E-state index is -0.721. The third-order valence-electron chi connectivity index (χ3n) is 6.64. The molecule has 1 saturated heterocycles. The van der Waals surface area contributed by atoms with Crippen LogP contribution >= 0.6 is 0 Å². The number of ketones is 1. The molecule has 1 N–H and O–H groups in total. The molecule has 1 amide bonds. The van der Waals surface area contributed by atoms with Crippen LogP contribution in [0.15, 0.2) is 78.4 Å². The molecule has 0 aromatic heterocycles. The van der Waals surface area contributed by atoms with Gasteiger partial charge in [0.05, 0.1) is 18.7 Å². The lowest BCUT2D eigenvalue weighted by atomic mass is 9.94. The van der Waals surface area contributed by atoms with Gasteiger partial charge in [0.2, 0.25) is 0 Å². The van der Waals surface area contributed by atoms with Gasteiger partial charge in [-0.2, -0.15) is 0 Å². The van der Waals surface area contributed by atoms with Crippen LogP contribution in [0.5, 0.6) is 11.5 Å². The fraction of sp³-hybridized carbons (Fsp3) is 0.290. The summed E-state index contributed by atoms with van der Waals surface area (Å²) in [6, 6.07) is 21.7. The number of aliphatic hydroxyl groups excluding tert-OH is 1. The number of likely N-dealkylation sites (tertiary alicyclic amines) is 1. The summed E-state index contributed by atoms with van der Waals surface area (Å²) in [5.74, 6) is -0.222. The van der Waals surface area contributed by atoms with Gasteiger partial charge in [0.1, 0.15) is 23.9 Å². The number of amides is 1. The number of nitrogens with zero attached hydrogens (tertiary/aromatic N) is 2. The standard InChI is InChI=1S/C31H34N2O5/c1-21-18-24(14-15-26(21)38-20-22-10-6-5-7-11-22)29(34)27-28(23-12-8-13-25(19-23)37-4)33(31(36)30(27)35)17-9-16-32(2)3/h5-8,10-15,18-19,28,34H,9,16-17,20H2,1-4H3/b29-27-. The molecule has 7 nitrogen and oxygen atoms in total. The number of carbonyl (C=O) groups is 2. The average molecular weight is 515 g/mol. The van der Waals surface area contributed by atoms with E-state index in [2.05, 4.69) is 0 Å². The van der Waals surface area contributed by atoms with Gasteiger partial charge in [0.15, 0.2) is 0 Å². The largest absolute Gasteiger partial charge is 0.507 e. The van der Waals surface area contributed by atoms with Gasteiger partial charge >= 0.3 is 0 Å². The number of hydrogen-bond donors (Lipinski definition) is 1. The van der Waals surface area contributed by atoms with Crippen molar-refractivity contribution >= 4 is 17.4 Å². The van der Waals surface area contributed by atoms with Crippen molar-refractivity contribution in [2.24, 2.45) is 0 Å². The summed E-state index contributed by atoms with van der Waals surface area (Å²) in [7, 11) is 5.49. The maximum absolute atomic E-state index is 13.3. The highest BCUT2D eigenvalue weighted by Crippen LogP contribution is 2.40. The van der Waals surface area contributed by atoms with Crippen molar-refractivity contribution in [1.82, 2.24) is 9.80 Å². The predicted octanol–water partition coefficient (Wildman–Crippen LogP) is 4.96. The van der Waals surface area contributed by atoms with Gasteiger partial charge in [-0.15, -0.1) is 0 Å². The van der Waals surface area contributed by atoms with Crippen LogP contribution in [0.25, 0.3) is 5.76 Å². The number of methoxy groups -OCH3 is 1. The van der Waals surface area contributed by atoms with E-state index >= 15 is 0 Å². The Morgan fingerprint density at radius 2 is 1.76 bits per heavy atom. The summed E-state index contributed by atoms with van der Waals surface area (Å²) in [4.78, 5) is 30.1. The van der Waals surface area contributed by atoms with E-state index in [0.717, 1.165) is 17.7 Å². The molecule has 198 valence electrons. The predicted molar refractivity (Wildman–Crippen MR) is 147 cm³/mol. The molecule has 1 unspecified atom stereocenters. The number of benzene rings is 3. The first kappa shape index (κ1) is 26.9. The van der Waals surface area contributed by atoms with E-state index in [1.807, 2.05) is 68.4 Å². The molecule has 4 rings (SSSR count). The van der Waals surface area contributed by atoms with E-state index in [1.54, 1.807) is 42.3 Å². The van der Waals surface area contributed by atoms with Crippen LogP contribution < -0.4 is 9.47 Å². The zero-order chi connectivity index (χ0) is 27.2. The van der Waals surface area contributed by atoms with Gasteiger partial charge in [-0.1, -0.05) is 42.5 Å². The molecule has 1 heterocycles. The van der Waals surface area contributed by atoms with E-state index in [0.29, 0.717) is 42.2 Å². The molecule has 0 spiro atoms. The SMILES string of the molecule is COc1cccc(C2/C(=C(/O)c3ccc(OCc4ccccc4)c(C)c3)C(=O)C(=O)N2CCCN(C)C)c1. The number of aliphatic hydroxyl groups is 1. The summed E-state index contributed by atoms with van der Waals surface area (Å²) in [6.45, 7) is 3.45. The topological polar surface area (TPSA) is 79.3 Å². The summed E-state index contributed by atoms with van der Waals surface area (Å²) in [6.07, 6.45) is 0.688. The van der Waals surface area contributed by atoms with Crippen molar-refractivity contribution in [3.8, 4) is 11.5 Å². The van der Waals surface area contributed by atoms with Crippen LogP contribution in [0.3, 0.4) is 0 Å². The second kappa shape index (κ2) is 12.0. The van der Waals surface area contributed by atoms with Crippen LogP contribution in [0.2, 0.25) is 0 Å². The molecule has 0 bridgehead atoms. The summed E-state index contributed by atoms with van der Waals surface area (Å²) in [5, 5.41) is 11.4. The first-order valence-corrected chi connectivity index (χ1v) is 12.6. The Hall–Kier alpha value is -4.10. The Morgan fingerprint density at radius 3 is 2.45 bits per heavy atom. The van der Waals surface area contributed by atoms with E-state index in [4.69, 9.17) is 9.47 Å². The first-order valence-electron chi connectivity index (χ1n) is 12.6. The van der Waals surface area contributed by atoms with Crippen molar-refractivity contribution < 1.29 is 24.2 Å². The molecule has 3 aromatic carbocycles. The van der Waals surface area contributed by atoms with Crippen molar-refractivity contribution in [3.05, 3.63) is 101 Å². The molecular formula is C31H34N2O5. The third kappa shape index (κ3) is 5.89. The van der Waals surface area contributed by atoms with Gasteiger partial charge in [-0.25, -0.2) is 0 Å². The fourth-order valence-electron chi connectivity index (χ4n) is 4.68. The third-order valence-corrected chi connectivity index (χ3v) is 6.64. The van der Waals surface area contributed by atoms with Crippen LogP contribution in [0.1, 0.15) is 34.7 Å². The number of carbonyl (C=O) groups excluding carboxylic acids is 2. The van der Waals surface area contributed by atoms with Crippen molar-refractivity contribution in [1.29, 1.82) is 0 Å². The van der Waals surface area contributed by atoms with Crippen LogP contribution in [0.4, 0.5) is 0 Å². The minimum absolute atomic E-state index is 0.0745. The molecule has 0 aliphatic carbocycles. The Bertz CT molecular complexity index is 1330. The number of aryl methyl sites for hydroxylation is 1. The maximum atomic E-state index is 13.3. The van der Waals surface area contributed by atoms with E-state index in [9.17, 15) is 14.7 Å². The second-order valence-electron chi connectivity index (χ2n) is 9.68. The van der Waals surface area contributed by atoms with Crippen molar-refractivity contribution in [3.63, 3.8) is 0 Å².